The van der Waals surface area contributed by atoms with Crippen LogP contribution in [0.2, 0.25) is 0 Å². The average molecular weight is 657 g/mol. The molecule has 0 aliphatic heterocycles. The summed E-state index contributed by atoms with van der Waals surface area (Å²) in [6, 6.07) is 53.4. The third-order valence-electron chi connectivity index (χ3n) is 9.85. The van der Waals surface area contributed by atoms with Gasteiger partial charge in [-0.3, -0.25) is 0 Å². The van der Waals surface area contributed by atoms with Crippen molar-refractivity contribution in [3.8, 4) is 22.5 Å². The number of aromatic nitrogens is 2. The Hall–Kier alpha value is -6.52. The summed E-state index contributed by atoms with van der Waals surface area (Å²) in [5.41, 5.74) is 11.1. The normalized spacial score (nSPS) is 12.5. The monoisotopic (exact) mass is 656 g/mol. The molecule has 0 radical (unpaired) electrons. The summed E-state index contributed by atoms with van der Waals surface area (Å²) in [5.74, 6) is 0. The van der Waals surface area contributed by atoms with Crippen molar-refractivity contribution in [3.63, 3.8) is 0 Å². The Morgan fingerprint density at radius 3 is 1.63 bits per heavy atom. The molecule has 0 spiro atoms. The van der Waals surface area contributed by atoms with Gasteiger partial charge >= 0.3 is 0 Å². The zero-order valence-electron chi connectivity index (χ0n) is 28.4. The molecule has 0 amide bonds. The van der Waals surface area contributed by atoms with E-state index in [-0.39, 0.29) is 0 Å². The van der Waals surface area contributed by atoms with Gasteiger partial charge in [0.25, 0.3) is 0 Å². The molecule has 0 unspecified atom stereocenters. The van der Waals surface area contributed by atoms with Crippen LogP contribution in [-0.4, -0.2) is 17.0 Å². The molecule has 0 bridgehead atoms. The SMILES string of the molecule is C1=CCCC=C1.CN(c1ccccc1)c1ccc(N(c2ccccc2)c2cccc3ccccc23)c2nc3c(nc12)-c1cccc2cccc-3c12. The first-order valence-electron chi connectivity index (χ1n) is 17.6. The van der Waals surface area contributed by atoms with Crippen molar-refractivity contribution in [2.24, 2.45) is 0 Å². The van der Waals surface area contributed by atoms with E-state index >= 15 is 0 Å². The van der Waals surface area contributed by atoms with Gasteiger partial charge in [-0.05, 0) is 66.1 Å². The van der Waals surface area contributed by atoms with Gasteiger partial charge in [0.1, 0.15) is 11.0 Å². The minimum absolute atomic E-state index is 0.857. The molecule has 0 atom stereocenters. The summed E-state index contributed by atoms with van der Waals surface area (Å²) < 4.78 is 0. The number of benzene rings is 7. The highest BCUT2D eigenvalue weighted by molar-refractivity contribution is 6.16. The van der Waals surface area contributed by atoms with E-state index in [1.165, 1.54) is 34.4 Å². The standard InChI is InChI=1S/C41H28N4.C6H8/c1-44(29-17-4-2-5-18-29)35-25-26-36(45(30-19-6-3-7-20-30)34-24-12-14-27-13-8-9-21-31(27)34)41-40(35)42-38-32-22-10-15-28-16-11-23-33(37(28)32)39(38)43-41;1-2-4-6-5-3-1/h2-26H,1H3;1-4H,5-6H2. The van der Waals surface area contributed by atoms with Gasteiger partial charge in [0.15, 0.2) is 0 Å². The van der Waals surface area contributed by atoms with Crippen molar-refractivity contribution in [1.82, 2.24) is 9.97 Å². The third kappa shape index (κ3) is 5.42. The second-order valence-corrected chi connectivity index (χ2v) is 12.9. The van der Waals surface area contributed by atoms with Gasteiger partial charge in [-0.1, -0.05) is 133 Å². The first kappa shape index (κ1) is 30.5. The first-order valence-corrected chi connectivity index (χ1v) is 17.6. The molecule has 0 saturated carbocycles. The van der Waals surface area contributed by atoms with E-state index in [4.69, 9.17) is 9.97 Å². The van der Waals surface area contributed by atoms with Crippen LogP contribution in [0.15, 0.2) is 176 Å². The quantitative estimate of drug-likeness (QED) is 0.185. The van der Waals surface area contributed by atoms with E-state index in [0.717, 1.165) is 62.0 Å². The predicted molar refractivity (Wildman–Crippen MR) is 216 cm³/mol. The molecule has 4 nitrogen and oxygen atoms in total. The van der Waals surface area contributed by atoms with Gasteiger partial charge in [0, 0.05) is 40.3 Å². The number of rotatable bonds is 5. The van der Waals surface area contributed by atoms with Gasteiger partial charge in [-0.15, -0.1) is 0 Å². The average Bonchev–Trinajstić information content (AvgIpc) is 3.52. The Morgan fingerprint density at radius 1 is 0.451 bits per heavy atom. The van der Waals surface area contributed by atoms with E-state index in [0.29, 0.717) is 0 Å². The number of nitrogens with zero attached hydrogens (tertiary/aromatic N) is 4. The van der Waals surface area contributed by atoms with Crippen LogP contribution in [0.25, 0.3) is 55.1 Å². The van der Waals surface area contributed by atoms with Gasteiger partial charge < -0.3 is 9.80 Å². The lowest BCUT2D eigenvalue weighted by atomic mass is 10.0. The molecule has 10 rings (SSSR count). The molecular weight excluding hydrogens is 621 g/mol. The number of allylic oxidation sites excluding steroid dienone is 4. The van der Waals surface area contributed by atoms with E-state index in [1.54, 1.807) is 0 Å². The van der Waals surface area contributed by atoms with Crippen molar-refractivity contribution in [1.29, 1.82) is 0 Å². The fourth-order valence-corrected chi connectivity index (χ4v) is 7.39. The Labute approximate surface area is 298 Å². The predicted octanol–water partition coefficient (Wildman–Crippen LogP) is 12.7. The maximum atomic E-state index is 5.55. The summed E-state index contributed by atoms with van der Waals surface area (Å²) in [5, 5.41) is 4.79. The van der Waals surface area contributed by atoms with Crippen molar-refractivity contribution in [2.75, 3.05) is 16.8 Å². The minimum Gasteiger partial charge on any atom is -0.343 e. The summed E-state index contributed by atoms with van der Waals surface area (Å²) in [6.07, 6.45) is 11.0. The minimum atomic E-state index is 0.857. The van der Waals surface area contributed by atoms with Crippen LogP contribution in [0.4, 0.5) is 28.4 Å². The summed E-state index contributed by atoms with van der Waals surface area (Å²) in [7, 11) is 2.10. The smallest absolute Gasteiger partial charge is 0.116 e. The van der Waals surface area contributed by atoms with Crippen LogP contribution < -0.4 is 9.80 Å². The molecule has 0 saturated heterocycles. The van der Waals surface area contributed by atoms with Crippen LogP contribution in [0.5, 0.6) is 0 Å². The van der Waals surface area contributed by atoms with E-state index in [1.807, 2.05) is 6.07 Å². The lowest BCUT2D eigenvalue weighted by Gasteiger charge is -2.29. The second-order valence-electron chi connectivity index (χ2n) is 12.9. The van der Waals surface area contributed by atoms with Crippen molar-refractivity contribution < 1.29 is 0 Å². The molecule has 0 N–H and O–H groups in total. The molecule has 1 aromatic heterocycles. The van der Waals surface area contributed by atoms with Crippen LogP contribution in [0.1, 0.15) is 12.8 Å². The molecule has 2 aliphatic rings. The van der Waals surface area contributed by atoms with Crippen LogP contribution in [0.3, 0.4) is 0 Å². The topological polar surface area (TPSA) is 32.3 Å². The molecule has 1 heterocycles. The van der Waals surface area contributed by atoms with Crippen LogP contribution >= 0.6 is 0 Å². The molecule has 4 heteroatoms. The lowest BCUT2D eigenvalue weighted by molar-refractivity contribution is 1.04. The van der Waals surface area contributed by atoms with Crippen LogP contribution in [-0.2, 0) is 0 Å². The van der Waals surface area contributed by atoms with Gasteiger partial charge in [-0.2, -0.15) is 0 Å². The number of hydrogen-bond donors (Lipinski definition) is 0. The number of para-hydroxylation sites is 2. The lowest BCUT2D eigenvalue weighted by Crippen LogP contribution is -2.14. The molecular formula is C47H36N4. The Morgan fingerprint density at radius 2 is 0.980 bits per heavy atom. The first-order chi connectivity index (χ1) is 25.3. The molecule has 2 aliphatic carbocycles. The van der Waals surface area contributed by atoms with E-state index in [2.05, 4.69) is 187 Å². The number of hydrogen-bond acceptors (Lipinski definition) is 4. The van der Waals surface area contributed by atoms with Crippen molar-refractivity contribution in [3.05, 3.63) is 176 Å². The van der Waals surface area contributed by atoms with Gasteiger partial charge in [-0.25, -0.2) is 9.97 Å². The summed E-state index contributed by atoms with van der Waals surface area (Å²) in [6.45, 7) is 0. The molecule has 51 heavy (non-hydrogen) atoms. The Kier molecular flexibility index (Phi) is 7.82. The fourth-order valence-electron chi connectivity index (χ4n) is 7.39. The zero-order chi connectivity index (χ0) is 34.1. The summed E-state index contributed by atoms with van der Waals surface area (Å²) >= 11 is 0. The maximum Gasteiger partial charge on any atom is 0.116 e. The largest absolute Gasteiger partial charge is 0.343 e. The molecule has 0 fully saturated rings. The fraction of sp³-hybridized carbons (Fsp3) is 0.0638. The maximum absolute atomic E-state index is 5.55. The highest BCUT2D eigenvalue weighted by Gasteiger charge is 2.28. The molecule has 7 aromatic carbocycles. The van der Waals surface area contributed by atoms with Crippen LogP contribution in [0, 0.1) is 0 Å². The number of fused-ring (bicyclic) bond motifs is 5. The molecule has 244 valence electrons. The van der Waals surface area contributed by atoms with Crippen molar-refractivity contribution >= 4 is 61.0 Å². The van der Waals surface area contributed by atoms with Gasteiger partial charge in [0.05, 0.1) is 28.5 Å². The van der Waals surface area contributed by atoms with E-state index in [9.17, 15) is 0 Å². The summed E-state index contributed by atoms with van der Waals surface area (Å²) in [4.78, 5) is 15.6. The van der Waals surface area contributed by atoms with Crippen molar-refractivity contribution in [2.45, 2.75) is 12.8 Å². The van der Waals surface area contributed by atoms with Gasteiger partial charge in [0.2, 0.25) is 0 Å². The molecule has 8 aromatic rings. The van der Waals surface area contributed by atoms with E-state index < -0.39 is 0 Å². The Balaban J connectivity index is 0.000000529. The highest BCUT2D eigenvalue weighted by atomic mass is 15.2. The second kappa shape index (κ2) is 13.1. The number of anilines is 5. The third-order valence-corrected chi connectivity index (χ3v) is 9.85. The zero-order valence-corrected chi connectivity index (χ0v) is 28.4. The Bertz CT molecular complexity index is 2580. The highest BCUT2D eigenvalue weighted by Crippen LogP contribution is 2.49.